The van der Waals surface area contributed by atoms with Crippen LogP contribution < -0.4 is 5.56 Å². The van der Waals surface area contributed by atoms with Crippen LogP contribution in [0, 0.1) is 0 Å². The first kappa shape index (κ1) is 21.0. The quantitative estimate of drug-likeness (QED) is 0.624. The third-order valence-electron chi connectivity index (χ3n) is 6.12. The van der Waals surface area contributed by atoms with Crippen LogP contribution >= 0.6 is 11.3 Å². The van der Waals surface area contributed by atoms with Crippen LogP contribution in [-0.4, -0.2) is 45.0 Å². The Bertz CT molecular complexity index is 993. The number of nitrogens with zero attached hydrogens (tertiary/aromatic N) is 3. The molecular weight excluding hydrogens is 394 g/mol. The van der Waals surface area contributed by atoms with Crippen molar-refractivity contribution in [3.05, 3.63) is 75.9 Å². The molecule has 1 aromatic carbocycles. The number of thiophene rings is 1. The Labute approximate surface area is 181 Å². The molecule has 1 unspecified atom stereocenters. The Morgan fingerprint density at radius 3 is 2.57 bits per heavy atom. The first-order valence-corrected chi connectivity index (χ1v) is 11.5. The fourth-order valence-electron chi connectivity index (χ4n) is 4.07. The normalized spacial score (nSPS) is 17.7. The van der Waals surface area contributed by atoms with Crippen LogP contribution in [0.25, 0.3) is 10.6 Å². The van der Waals surface area contributed by atoms with Gasteiger partial charge in [0, 0.05) is 19.2 Å². The molecule has 1 atom stereocenters. The Morgan fingerprint density at radius 1 is 1.10 bits per heavy atom. The van der Waals surface area contributed by atoms with Gasteiger partial charge in [0.1, 0.15) is 5.69 Å². The van der Waals surface area contributed by atoms with E-state index in [1.807, 2.05) is 17.5 Å². The predicted octanol–water partition coefficient (Wildman–Crippen LogP) is 3.99. The van der Waals surface area contributed by atoms with Gasteiger partial charge in [-0.25, -0.2) is 4.68 Å². The lowest BCUT2D eigenvalue weighted by molar-refractivity contribution is -0.0375. The number of benzene rings is 1. The molecule has 5 nitrogen and oxygen atoms in total. The number of piperidine rings is 1. The molecule has 0 aliphatic carbocycles. The molecule has 1 N–H and O–H groups in total. The van der Waals surface area contributed by atoms with Gasteiger partial charge in [0.15, 0.2) is 0 Å². The van der Waals surface area contributed by atoms with Gasteiger partial charge in [-0.1, -0.05) is 43.3 Å². The first-order valence-electron chi connectivity index (χ1n) is 10.6. The molecule has 3 aromatic rings. The molecule has 0 saturated carbocycles. The van der Waals surface area contributed by atoms with Gasteiger partial charge >= 0.3 is 0 Å². The molecule has 30 heavy (non-hydrogen) atoms. The van der Waals surface area contributed by atoms with E-state index in [-0.39, 0.29) is 12.1 Å². The summed E-state index contributed by atoms with van der Waals surface area (Å²) in [5, 5.41) is 17.6. The highest BCUT2D eigenvalue weighted by Gasteiger charge is 2.33. The lowest BCUT2D eigenvalue weighted by Gasteiger charge is -2.38. The molecule has 0 amide bonds. The third-order valence-corrected chi connectivity index (χ3v) is 7.01. The second-order valence-corrected chi connectivity index (χ2v) is 9.31. The second kappa shape index (κ2) is 9.25. The minimum Gasteiger partial charge on any atom is -0.388 e. The maximum absolute atomic E-state index is 12.3. The van der Waals surface area contributed by atoms with E-state index >= 15 is 0 Å². The van der Waals surface area contributed by atoms with Crippen LogP contribution in [0.4, 0.5) is 0 Å². The number of likely N-dealkylation sites (tertiary alicyclic amines) is 1. The summed E-state index contributed by atoms with van der Waals surface area (Å²) in [6.45, 7) is 5.24. The van der Waals surface area contributed by atoms with Crippen molar-refractivity contribution in [3.63, 3.8) is 0 Å². The van der Waals surface area contributed by atoms with E-state index in [0.717, 1.165) is 36.6 Å². The van der Waals surface area contributed by atoms with Crippen LogP contribution in [0.3, 0.4) is 0 Å². The van der Waals surface area contributed by atoms with E-state index in [9.17, 15) is 9.90 Å². The molecule has 6 heteroatoms. The second-order valence-electron chi connectivity index (χ2n) is 8.36. The van der Waals surface area contributed by atoms with Crippen LogP contribution in [0.1, 0.15) is 37.7 Å². The number of aromatic nitrogens is 2. The van der Waals surface area contributed by atoms with Crippen molar-refractivity contribution in [3.8, 4) is 10.6 Å². The largest absolute Gasteiger partial charge is 0.388 e. The van der Waals surface area contributed by atoms with Crippen molar-refractivity contribution in [2.24, 2.45) is 0 Å². The van der Waals surface area contributed by atoms with Crippen LogP contribution in [0.2, 0.25) is 0 Å². The van der Waals surface area contributed by atoms with Crippen molar-refractivity contribution in [1.29, 1.82) is 0 Å². The Morgan fingerprint density at radius 2 is 1.87 bits per heavy atom. The summed E-state index contributed by atoms with van der Waals surface area (Å²) in [5.41, 5.74) is 1.11. The van der Waals surface area contributed by atoms with Crippen LogP contribution in [0.5, 0.6) is 0 Å². The molecule has 1 fully saturated rings. The summed E-state index contributed by atoms with van der Waals surface area (Å²) in [5.74, 6) is 0.523. The van der Waals surface area contributed by atoms with E-state index in [4.69, 9.17) is 0 Å². The zero-order chi connectivity index (χ0) is 21.0. The zero-order valence-corrected chi connectivity index (χ0v) is 18.2. The molecule has 4 rings (SSSR count). The first-order chi connectivity index (χ1) is 14.5. The van der Waals surface area contributed by atoms with Gasteiger partial charge in [-0.2, -0.15) is 5.10 Å². The Kier molecular flexibility index (Phi) is 6.46. The summed E-state index contributed by atoms with van der Waals surface area (Å²) in [6, 6.07) is 17.9. The van der Waals surface area contributed by atoms with Gasteiger partial charge < -0.3 is 10.0 Å². The predicted molar refractivity (Wildman–Crippen MR) is 122 cm³/mol. The summed E-state index contributed by atoms with van der Waals surface area (Å²) in [4.78, 5) is 15.8. The van der Waals surface area contributed by atoms with Crippen molar-refractivity contribution in [2.75, 3.05) is 19.6 Å². The highest BCUT2D eigenvalue weighted by Crippen LogP contribution is 2.26. The molecule has 2 aromatic heterocycles. The lowest BCUT2D eigenvalue weighted by atomic mass is 9.90. The monoisotopic (exact) mass is 423 g/mol. The standard InChI is InChI=1S/C24H29N3O2S/c1-19(20-6-3-2-4-7-20)11-14-26-15-12-24(29,13-16-26)18-27-23(28)10-9-21(25-27)22-8-5-17-30-22/h2-10,17,19,29H,11-16,18H2,1H3. The van der Waals surface area contributed by atoms with Gasteiger partial charge in [-0.05, 0) is 54.8 Å². The molecule has 0 radical (unpaired) electrons. The van der Waals surface area contributed by atoms with Gasteiger partial charge in [-0.15, -0.1) is 11.3 Å². The Hall–Kier alpha value is -2.28. The maximum Gasteiger partial charge on any atom is 0.266 e. The smallest absolute Gasteiger partial charge is 0.266 e. The summed E-state index contributed by atoms with van der Waals surface area (Å²) < 4.78 is 1.43. The molecule has 1 aliphatic rings. The van der Waals surface area contributed by atoms with Crippen molar-refractivity contribution < 1.29 is 5.11 Å². The van der Waals surface area contributed by atoms with Gasteiger partial charge in [-0.3, -0.25) is 4.79 Å². The van der Waals surface area contributed by atoms with Gasteiger partial charge in [0.05, 0.1) is 17.0 Å². The molecular formula is C24H29N3O2S. The summed E-state index contributed by atoms with van der Waals surface area (Å²) >= 11 is 1.60. The summed E-state index contributed by atoms with van der Waals surface area (Å²) in [6.07, 6.45) is 2.42. The average molecular weight is 424 g/mol. The van der Waals surface area contributed by atoms with Gasteiger partial charge in [0.2, 0.25) is 0 Å². The van der Waals surface area contributed by atoms with Crippen LogP contribution in [0.15, 0.2) is 64.8 Å². The number of rotatable bonds is 7. The van der Waals surface area contributed by atoms with Crippen molar-refractivity contribution in [2.45, 2.75) is 44.2 Å². The molecule has 0 bridgehead atoms. The molecule has 1 saturated heterocycles. The zero-order valence-electron chi connectivity index (χ0n) is 17.4. The molecule has 0 spiro atoms. The van der Waals surface area contributed by atoms with E-state index in [2.05, 4.69) is 47.3 Å². The maximum atomic E-state index is 12.3. The lowest BCUT2D eigenvalue weighted by Crippen LogP contribution is -2.48. The number of hydrogen-bond acceptors (Lipinski definition) is 5. The van der Waals surface area contributed by atoms with E-state index in [1.54, 1.807) is 23.5 Å². The van der Waals surface area contributed by atoms with Crippen molar-refractivity contribution >= 4 is 11.3 Å². The highest BCUT2D eigenvalue weighted by molar-refractivity contribution is 7.13. The Balaban J connectivity index is 1.33. The third kappa shape index (κ3) is 5.06. The van der Waals surface area contributed by atoms with Crippen LogP contribution in [-0.2, 0) is 6.54 Å². The molecule has 1 aliphatic heterocycles. The van der Waals surface area contributed by atoms with Gasteiger partial charge in [0.25, 0.3) is 5.56 Å². The SMILES string of the molecule is CC(CCN1CCC(O)(Cn2nc(-c3cccs3)ccc2=O)CC1)c1ccccc1. The minimum atomic E-state index is -0.882. The number of aliphatic hydroxyl groups is 1. The fraction of sp³-hybridized carbons (Fsp3) is 0.417. The van der Waals surface area contributed by atoms with E-state index in [1.165, 1.54) is 10.2 Å². The highest BCUT2D eigenvalue weighted by atomic mass is 32.1. The van der Waals surface area contributed by atoms with Crippen molar-refractivity contribution in [1.82, 2.24) is 14.7 Å². The number of hydrogen-bond donors (Lipinski definition) is 1. The fourth-order valence-corrected chi connectivity index (χ4v) is 4.76. The summed E-state index contributed by atoms with van der Waals surface area (Å²) in [7, 11) is 0. The van der Waals surface area contributed by atoms with E-state index < -0.39 is 5.60 Å². The van der Waals surface area contributed by atoms with E-state index in [0.29, 0.717) is 18.8 Å². The molecule has 3 heterocycles. The topological polar surface area (TPSA) is 58.4 Å². The minimum absolute atomic E-state index is 0.164. The average Bonchev–Trinajstić information content (AvgIpc) is 3.30. The molecule has 158 valence electrons.